The van der Waals surface area contributed by atoms with E-state index in [0.29, 0.717) is 0 Å². The van der Waals surface area contributed by atoms with Crippen LogP contribution in [0.2, 0.25) is 0 Å². The van der Waals surface area contributed by atoms with E-state index in [0.717, 1.165) is 68.3 Å². The zero-order chi connectivity index (χ0) is 18.6. The van der Waals surface area contributed by atoms with Gasteiger partial charge in [-0.15, -0.1) is 0 Å². The van der Waals surface area contributed by atoms with Crippen LogP contribution < -0.4 is 0 Å². The number of nitrogens with zero attached hydrogens (tertiary/aromatic N) is 3. The largest absolute Gasteiger partial charge is 0.376 e. The molecule has 3 heterocycles. The van der Waals surface area contributed by atoms with Crippen molar-refractivity contribution >= 4 is 17.7 Å². The monoisotopic (exact) mass is 385 g/mol. The fourth-order valence-corrected chi connectivity index (χ4v) is 4.84. The second kappa shape index (κ2) is 8.48. The first-order chi connectivity index (χ1) is 13.2. The minimum absolute atomic E-state index is 0.127. The fourth-order valence-electron chi connectivity index (χ4n) is 3.86. The van der Waals surface area contributed by atoms with Crippen molar-refractivity contribution in [3.05, 3.63) is 36.5 Å². The van der Waals surface area contributed by atoms with Gasteiger partial charge in [0.2, 0.25) is 5.91 Å². The van der Waals surface area contributed by atoms with E-state index in [1.54, 1.807) is 11.8 Å². The van der Waals surface area contributed by atoms with Gasteiger partial charge in [0, 0.05) is 19.7 Å². The van der Waals surface area contributed by atoms with E-state index < -0.39 is 0 Å². The Morgan fingerprint density at radius 1 is 1.26 bits per heavy atom. The first-order valence-electron chi connectivity index (χ1n) is 9.90. The number of amides is 1. The van der Waals surface area contributed by atoms with Gasteiger partial charge >= 0.3 is 0 Å². The quantitative estimate of drug-likeness (QED) is 0.709. The van der Waals surface area contributed by atoms with Crippen LogP contribution in [0.5, 0.6) is 0 Å². The molecule has 2 fully saturated rings. The van der Waals surface area contributed by atoms with E-state index in [4.69, 9.17) is 4.74 Å². The molecule has 0 spiro atoms. The zero-order valence-corrected chi connectivity index (χ0v) is 16.7. The maximum absolute atomic E-state index is 12.7. The highest BCUT2D eigenvalue weighted by atomic mass is 32.2. The van der Waals surface area contributed by atoms with Gasteiger partial charge in [-0.25, -0.2) is 4.98 Å². The Hall–Kier alpha value is -1.79. The summed E-state index contributed by atoms with van der Waals surface area (Å²) in [7, 11) is 0. The summed E-state index contributed by atoms with van der Waals surface area (Å²) in [5, 5.41) is 0.779. The molecule has 0 aliphatic carbocycles. The number of carbonyl (C=O) groups is 1. The first kappa shape index (κ1) is 18.6. The molecule has 4 rings (SSSR count). The van der Waals surface area contributed by atoms with Crippen molar-refractivity contribution in [2.45, 2.75) is 55.7 Å². The summed E-state index contributed by atoms with van der Waals surface area (Å²) in [6.07, 6.45) is 6.60. The van der Waals surface area contributed by atoms with Crippen molar-refractivity contribution in [3.63, 3.8) is 0 Å². The summed E-state index contributed by atoms with van der Waals surface area (Å²) in [5.41, 5.74) is 2.24. The number of rotatable bonds is 6. The Balaban J connectivity index is 1.57. The molecule has 5 nitrogen and oxygen atoms in total. The Labute approximate surface area is 165 Å². The Bertz CT molecular complexity index is 765. The molecule has 0 bridgehead atoms. The maximum atomic E-state index is 12.7. The topological polar surface area (TPSA) is 47.4 Å². The van der Waals surface area contributed by atoms with E-state index in [1.807, 2.05) is 36.2 Å². The lowest BCUT2D eigenvalue weighted by Crippen LogP contribution is -2.34. The van der Waals surface area contributed by atoms with Gasteiger partial charge in [0.15, 0.2) is 5.16 Å². The number of likely N-dealkylation sites (tertiary alicyclic amines) is 1. The molecular weight excluding hydrogens is 358 g/mol. The molecule has 2 atom stereocenters. The van der Waals surface area contributed by atoms with Crippen LogP contribution in [0.3, 0.4) is 0 Å². The normalized spacial score (nSPS) is 20.9. The molecule has 6 heteroatoms. The summed E-state index contributed by atoms with van der Waals surface area (Å²) in [5.74, 6) is 0.227. The van der Waals surface area contributed by atoms with Crippen LogP contribution in [0, 0.1) is 0 Å². The van der Waals surface area contributed by atoms with Gasteiger partial charge in [0.1, 0.15) is 0 Å². The SMILES string of the molecule is CC(Sc1ncc(-c2ccccc2)n1CC1CCCO1)C(=O)N1CCCC1. The molecule has 2 saturated heterocycles. The average molecular weight is 386 g/mol. The molecule has 1 amide bonds. The molecule has 2 aromatic rings. The van der Waals surface area contributed by atoms with E-state index in [2.05, 4.69) is 21.7 Å². The van der Waals surface area contributed by atoms with Gasteiger partial charge < -0.3 is 14.2 Å². The third kappa shape index (κ3) is 4.22. The van der Waals surface area contributed by atoms with Crippen LogP contribution in [-0.2, 0) is 16.1 Å². The lowest BCUT2D eigenvalue weighted by Gasteiger charge is -2.21. The van der Waals surface area contributed by atoms with Gasteiger partial charge in [-0.05, 0) is 38.2 Å². The van der Waals surface area contributed by atoms with Crippen molar-refractivity contribution < 1.29 is 9.53 Å². The van der Waals surface area contributed by atoms with E-state index in [1.165, 1.54) is 0 Å². The molecule has 0 saturated carbocycles. The Kier molecular flexibility index (Phi) is 5.83. The van der Waals surface area contributed by atoms with Crippen LogP contribution in [0.1, 0.15) is 32.6 Å². The number of benzene rings is 1. The van der Waals surface area contributed by atoms with E-state index >= 15 is 0 Å². The lowest BCUT2D eigenvalue weighted by molar-refractivity contribution is -0.129. The van der Waals surface area contributed by atoms with Gasteiger partial charge in [-0.2, -0.15) is 0 Å². The third-order valence-electron chi connectivity index (χ3n) is 5.35. The minimum Gasteiger partial charge on any atom is -0.376 e. The minimum atomic E-state index is -0.127. The average Bonchev–Trinajstić information content (AvgIpc) is 3.45. The lowest BCUT2D eigenvalue weighted by atomic mass is 10.1. The molecular formula is C21H27N3O2S. The number of aromatic nitrogens is 2. The second-order valence-corrected chi connectivity index (χ2v) is 8.64. The first-order valence-corrected chi connectivity index (χ1v) is 10.8. The van der Waals surface area contributed by atoms with Crippen molar-refractivity contribution in [1.29, 1.82) is 0 Å². The Morgan fingerprint density at radius 2 is 2.04 bits per heavy atom. The van der Waals surface area contributed by atoms with Crippen LogP contribution >= 0.6 is 11.8 Å². The highest BCUT2D eigenvalue weighted by Crippen LogP contribution is 2.31. The summed E-state index contributed by atoms with van der Waals surface area (Å²) in [6.45, 7) is 5.41. The zero-order valence-electron chi connectivity index (χ0n) is 15.8. The number of thioether (sulfide) groups is 1. The summed E-state index contributed by atoms with van der Waals surface area (Å²) in [6, 6.07) is 10.3. The number of imidazole rings is 1. The standard InChI is InChI=1S/C21H27N3O2S/c1-16(20(25)23-11-5-6-12-23)27-21-22-14-19(17-8-3-2-4-9-17)24(21)15-18-10-7-13-26-18/h2-4,8-9,14,16,18H,5-7,10-13,15H2,1H3. The molecule has 2 unspecified atom stereocenters. The van der Waals surface area contributed by atoms with Crippen molar-refractivity contribution in [2.24, 2.45) is 0 Å². The van der Waals surface area contributed by atoms with Gasteiger partial charge in [0.25, 0.3) is 0 Å². The molecule has 1 aromatic heterocycles. The molecule has 0 radical (unpaired) electrons. The van der Waals surface area contributed by atoms with E-state index in [9.17, 15) is 4.79 Å². The van der Waals surface area contributed by atoms with Crippen LogP contribution in [-0.4, -0.2) is 51.4 Å². The fraction of sp³-hybridized carbons (Fsp3) is 0.524. The second-order valence-electron chi connectivity index (χ2n) is 7.33. The molecule has 27 heavy (non-hydrogen) atoms. The molecule has 2 aliphatic heterocycles. The van der Waals surface area contributed by atoms with Crippen molar-refractivity contribution in [2.75, 3.05) is 19.7 Å². The van der Waals surface area contributed by atoms with E-state index in [-0.39, 0.29) is 17.3 Å². The highest BCUT2D eigenvalue weighted by molar-refractivity contribution is 8.00. The number of carbonyl (C=O) groups excluding carboxylic acids is 1. The summed E-state index contributed by atoms with van der Waals surface area (Å²) < 4.78 is 8.11. The van der Waals surface area contributed by atoms with Crippen LogP contribution in [0.4, 0.5) is 0 Å². The number of ether oxygens (including phenoxy) is 1. The summed E-state index contributed by atoms with van der Waals surface area (Å²) >= 11 is 1.57. The van der Waals surface area contributed by atoms with Crippen molar-refractivity contribution in [1.82, 2.24) is 14.5 Å². The third-order valence-corrected chi connectivity index (χ3v) is 6.44. The molecule has 1 aromatic carbocycles. The van der Waals surface area contributed by atoms with Gasteiger partial charge in [-0.1, -0.05) is 42.1 Å². The van der Waals surface area contributed by atoms with Gasteiger partial charge in [0.05, 0.1) is 29.8 Å². The molecule has 2 aliphatic rings. The Morgan fingerprint density at radius 3 is 2.74 bits per heavy atom. The number of hydrogen-bond acceptors (Lipinski definition) is 4. The highest BCUT2D eigenvalue weighted by Gasteiger charge is 2.27. The predicted molar refractivity (Wildman–Crippen MR) is 108 cm³/mol. The number of hydrogen-bond donors (Lipinski definition) is 0. The predicted octanol–water partition coefficient (Wildman–Crippen LogP) is 3.83. The molecule has 0 N–H and O–H groups in total. The summed E-state index contributed by atoms with van der Waals surface area (Å²) in [4.78, 5) is 19.4. The smallest absolute Gasteiger partial charge is 0.235 e. The van der Waals surface area contributed by atoms with Crippen LogP contribution in [0.15, 0.2) is 41.7 Å². The van der Waals surface area contributed by atoms with Crippen molar-refractivity contribution in [3.8, 4) is 11.3 Å². The van der Waals surface area contributed by atoms with Crippen LogP contribution in [0.25, 0.3) is 11.3 Å². The molecule has 144 valence electrons. The maximum Gasteiger partial charge on any atom is 0.235 e. The van der Waals surface area contributed by atoms with Gasteiger partial charge in [-0.3, -0.25) is 4.79 Å².